The van der Waals surface area contributed by atoms with Crippen LogP contribution in [0.1, 0.15) is 32.6 Å². The second kappa shape index (κ2) is 5.04. The van der Waals surface area contributed by atoms with Gasteiger partial charge in [0.05, 0.1) is 19.3 Å². The van der Waals surface area contributed by atoms with E-state index >= 15 is 0 Å². The van der Waals surface area contributed by atoms with Gasteiger partial charge in [-0.3, -0.25) is 0 Å². The van der Waals surface area contributed by atoms with Gasteiger partial charge < -0.3 is 14.6 Å². The zero-order valence-electron chi connectivity index (χ0n) is 9.28. The first-order chi connectivity index (χ1) is 7.24. The van der Waals surface area contributed by atoms with Gasteiger partial charge in [-0.15, -0.1) is 0 Å². The minimum atomic E-state index is -0.228. The molecule has 0 aromatic carbocycles. The number of thioether (sulfide) groups is 1. The lowest BCUT2D eigenvalue weighted by atomic mass is 10.2. The molecule has 0 aromatic heterocycles. The SMILES string of the molecule is CC(CO)SCC1COC2(CCCC2)O1. The molecule has 0 bridgehead atoms. The van der Waals surface area contributed by atoms with Gasteiger partial charge in [-0.1, -0.05) is 6.92 Å². The third-order valence-corrected chi connectivity index (χ3v) is 4.39. The second-order valence-electron chi connectivity index (χ2n) is 4.50. The molecule has 2 atom stereocenters. The molecule has 88 valence electrons. The number of aliphatic hydroxyl groups is 1. The van der Waals surface area contributed by atoms with Gasteiger partial charge in [0, 0.05) is 23.8 Å². The number of hydrogen-bond acceptors (Lipinski definition) is 4. The molecule has 0 aromatic rings. The fraction of sp³-hybridized carbons (Fsp3) is 1.00. The summed E-state index contributed by atoms with van der Waals surface area (Å²) in [7, 11) is 0. The van der Waals surface area contributed by atoms with Gasteiger partial charge in [0.2, 0.25) is 0 Å². The maximum Gasteiger partial charge on any atom is 0.168 e. The molecule has 15 heavy (non-hydrogen) atoms. The molecule has 1 aliphatic carbocycles. The molecule has 2 fully saturated rings. The maximum atomic E-state index is 8.92. The topological polar surface area (TPSA) is 38.7 Å². The molecule has 4 heteroatoms. The Labute approximate surface area is 95.5 Å². The van der Waals surface area contributed by atoms with Crippen molar-refractivity contribution >= 4 is 11.8 Å². The molecular weight excluding hydrogens is 212 g/mol. The molecule has 3 nitrogen and oxygen atoms in total. The smallest absolute Gasteiger partial charge is 0.168 e. The molecule has 2 rings (SSSR count). The van der Waals surface area contributed by atoms with E-state index in [1.54, 1.807) is 11.8 Å². The Bertz CT molecular complexity index is 204. The van der Waals surface area contributed by atoms with Crippen LogP contribution in [-0.2, 0) is 9.47 Å². The van der Waals surface area contributed by atoms with Gasteiger partial charge in [-0.2, -0.15) is 11.8 Å². The Balaban J connectivity index is 1.73. The lowest BCUT2D eigenvalue weighted by Gasteiger charge is -2.22. The average molecular weight is 232 g/mol. The van der Waals surface area contributed by atoms with E-state index in [-0.39, 0.29) is 18.5 Å². The molecule has 1 saturated carbocycles. The first-order valence-electron chi connectivity index (χ1n) is 5.78. The Morgan fingerprint density at radius 3 is 2.87 bits per heavy atom. The second-order valence-corrected chi connectivity index (χ2v) is 5.97. The highest BCUT2D eigenvalue weighted by atomic mass is 32.2. The van der Waals surface area contributed by atoms with Crippen molar-refractivity contribution in [1.29, 1.82) is 0 Å². The van der Waals surface area contributed by atoms with Crippen molar-refractivity contribution in [2.75, 3.05) is 19.0 Å². The summed E-state index contributed by atoms with van der Waals surface area (Å²) in [6, 6.07) is 0. The minimum Gasteiger partial charge on any atom is -0.395 e. The molecular formula is C11H20O3S. The molecule has 1 N–H and O–H groups in total. The predicted octanol–water partition coefficient (Wildman–Crippen LogP) is 1.79. The van der Waals surface area contributed by atoms with Crippen molar-refractivity contribution in [1.82, 2.24) is 0 Å². The van der Waals surface area contributed by atoms with Gasteiger partial charge in [-0.05, 0) is 12.8 Å². The van der Waals surface area contributed by atoms with Crippen molar-refractivity contribution in [2.24, 2.45) is 0 Å². The number of ether oxygens (including phenoxy) is 2. The summed E-state index contributed by atoms with van der Waals surface area (Å²) in [6.45, 7) is 3.00. The lowest BCUT2D eigenvalue weighted by Crippen LogP contribution is -2.27. The fourth-order valence-electron chi connectivity index (χ4n) is 2.20. The summed E-state index contributed by atoms with van der Waals surface area (Å²) >= 11 is 1.76. The van der Waals surface area contributed by atoms with Gasteiger partial charge in [0.25, 0.3) is 0 Å². The summed E-state index contributed by atoms with van der Waals surface area (Å²) in [5.74, 6) is 0.706. The summed E-state index contributed by atoms with van der Waals surface area (Å²) in [6.07, 6.45) is 4.80. The normalized spacial score (nSPS) is 31.2. The highest BCUT2D eigenvalue weighted by molar-refractivity contribution is 7.99. The van der Waals surface area contributed by atoms with Crippen LogP contribution in [0.25, 0.3) is 0 Å². The van der Waals surface area contributed by atoms with Crippen LogP contribution in [0.5, 0.6) is 0 Å². The molecule has 2 aliphatic rings. The van der Waals surface area contributed by atoms with Crippen molar-refractivity contribution < 1.29 is 14.6 Å². The predicted molar refractivity (Wildman–Crippen MR) is 61.0 cm³/mol. The summed E-state index contributed by atoms with van der Waals surface area (Å²) in [4.78, 5) is 0. The van der Waals surface area contributed by atoms with Gasteiger partial charge in [-0.25, -0.2) is 0 Å². The van der Waals surface area contributed by atoms with Crippen molar-refractivity contribution in [2.45, 2.75) is 49.7 Å². The Morgan fingerprint density at radius 1 is 1.47 bits per heavy atom. The third-order valence-electron chi connectivity index (χ3n) is 3.10. The van der Waals surface area contributed by atoms with Crippen LogP contribution in [0, 0.1) is 0 Å². The number of aliphatic hydroxyl groups excluding tert-OH is 1. The molecule has 0 amide bonds. The monoisotopic (exact) mass is 232 g/mol. The van der Waals surface area contributed by atoms with Crippen LogP contribution in [0.4, 0.5) is 0 Å². The lowest BCUT2D eigenvalue weighted by molar-refractivity contribution is -0.159. The molecule has 1 saturated heterocycles. The fourth-order valence-corrected chi connectivity index (χ4v) is 3.01. The largest absolute Gasteiger partial charge is 0.395 e. The van der Waals surface area contributed by atoms with Crippen LogP contribution >= 0.6 is 11.8 Å². The van der Waals surface area contributed by atoms with E-state index in [4.69, 9.17) is 14.6 Å². The van der Waals surface area contributed by atoms with Gasteiger partial charge in [0.15, 0.2) is 5.79 Å². The number of rotatable bonds is 4. The third kappa shape index (κ3) is 2.87. The highest BCUT2D eigenvalue weighted by Crippen LogP contribution is 2.39. The number of hydrogen-bond donors (Lipinski definition) is 1. The van der Waals surface area contributed by atoms with Crippen LogP contribution in [0.3, 0.4) is 0 Å². The van der Waals surface area contributed by atoms with Crippen LogP contribution in [-0.4, -0.2) is 41.2 Å². The highest BCUT2D eigenvalue weighted by Gasteiger charge is 2.43. The van der Waals surface area contributed by atoms with E-state index < -0.39 is 0 Å². The van der Waals surface area contributed by atoms with Crippen molar-refractivity contribution in [3.8, 4) is 0 Å². The van der Waals surface area contributed by atoms with Crippen molar-refractivity contribution in [3.63, 3.8) is 0 Å². The van der Waals surface area contributed by atoms with Crippen LogP contribution < -0.4 is 0 Å². The first kappa shape index (κ1) is 11.7. The van der Waals surface area contributed by atoms with E-state index in [2.05, 4.69) is 0 Å². The van der Waals surface area contributed by atoms with E-state index in [0.717, 1.165) is 25.2 Å². The van der Waals surface area contributed by atoms with E-state index in [1.165, 1.54) is 12.8 Å². The van der Waals surface area contributed by atoms with E-state index in [9.17, 15) is 0 Å². The first-order valence-corrected chi connectivity index (χ1v) is 6.83. The van der Waals surface area contributed by atoms with Crippen molar-refractivity contribution in [3.05, 3.63) is 0 Å². The van der Waals surface area contributed by atoms with Gasteiger partial charge >= 0.3 is 0 Å². The molecule has 1 aliphatic heterocycles. The molecule has 0 radical (unpaired) electrons. The summed E-state index contributed by atoms with van der Waals surface area (Å²) in [5, 5.41) is 9.22. The zero-order chi connectivity index (χ0) is 10.7. The van der Waals surface area contributed by atoms with Crippen LogP contribution in [0.2, 0.25) is 0 Å². The van der Waals surface area contributed by atoms with E-state index in [0.29, 0.717) is 5.25 Å². The molecule has 1 heterocycles. The Morgan fingerprint density at radius 2 is 2.20 bits per heavy atom. The Kier molecular flexibility index (Phi) is 3.93. The van der Waals surface area contributed by atoms with Gasteiger partial charge in [0.1, 0.15) is 0 Å². The average Bonchev–Trinajstić information content (AvgIpc) is 2.86. The summed E-state index contributed by atoms with van der Waals surface area (Å²) in [5.41, 5.74) is 0. The molecule has 1 spiro atoms. The Hall–Kier alpha value is 0.230. The van der Waals surface area contributed by atoms with E-state index in [1.807, 2.05) is 6.92 Å². The maximum absolute atomic E-state index is 8.92. The minimum absolute atomic E-state index is 0.224. The standard InChI is InChI=1S/C11H20O3S/c1-9(6-12)15-8-10-7-13-11(14-10)4-2-3-5-11/h9-10,12H,2-8H2,1H3. The molecule has 2 unspecified atom stereocenters. The quantitative estimate of drug-likeness (QED) is 0.802. The summed E-state index contributed by atoms with van der Waals surface area (Å²) < 4.78 is 11.8. The zero-order valence-corrected chi connectivity index (χ0v) is 10.1. The van der Waals surface area contributed by atoms with Crippen LogP contribution in [0.15, 0.2) is 0 Å².